The lowest BCUT2D eigenvalue weighted by molar-refractivity contribution is 0.746. The number of benzene rings is 1. The summed E-state index contributed by atoms with van der Waals surface area (Å²) in [5.74, 6) is 0. The predicted octanol–water partition coefficient (Wildman–Crippen LogP) is 3.14. The van der Waals surface area contributed by atoms with Crippen LogP contribution in [-0.2, 0) is 20.0 Å². The number of anilines is 1. The lowest BCUT2D eigenvalue weighted by Gasteiger charge is -2.09. The van der Waals surface area contributed by atoms with Gasteiger partial charge in [-0.15, -0.1) is 0 Å². The van der Waals surface area contributed by atoms with Crippen molar-refractivity contribution < 1.29 is 0 Å². The molecule has 0 aliphatic heterocycles. The quantitative estimate of drug-likeness (QED) is 0.789. The molecule has 4 heteroatoms. The van der Waals surface area contributed by atoms with Crippen LogP contribution >= 0.6 is 0 Å². The van der Waals surface area contributed by atoms with E-state index in [0.29, 0.717) is 0 Å². The molecule has 0 saturated heterocycles. The number of para-hydroxylation sites is 1. The molecule has 0 aliphatic rings. The van der Waals surface area contributed by atoms with E-state index in [1.807, 2.05) is 42.2 Å². The molecule has 1 aromatic carbocycles. The minimum Gasteiger partial charge on any atom is -0.380 e. The number of rotatable bonds is 4. The highest BCUT2D eigenvalue weighted by molar-refractivity contribution is 5.90. The van der Waals surface area contributed by atoms with Crippen molar-refractivity contribution >= 4 is 16.6 Å². The highest BCUT2D eigenvalue weighted by Crippen LogP contribution is 2.22. The minimum atomic E-state index is 0.783. The van der Waals surface area contributed by atoms with Crippen molar-refractivity contribution in [2.45, 2.75) is 19.9 Å². The van der Waals surface area contributed by atoms with Crippen molar-refractivity contribution in [3.63, 3.8) is 0 Å². The lowest BCUT2D eigenvalue weighted by atomic mass is 10.1. The van der Waals surface area contributed by atoms with Gasteiger partial charge in [0.05, 0.1) is 11.2 Å². The number of nitrogens with zero attached hydrogens (tertiary/aromatic N) is 3. The maximum Gasteiger partial charge on any atom is 0.0722 e. The first-order valence-corrected chi connectivity index (χ1v) is 6.87. The number of hydrogen-bond donors (Lipinski definition) is 1. The van der Waals surface area contributed by atoms with Gasteiger partial charge < -0.3 is 5.32 Å². The number of aromatic nitrogens is 3. The van der Waals surface area contributed by atoms with E-state index in [0.717, 1.165) is 35.2 Å². The molecule has 3 rings (SSSR count). The van der Waals surface area contributed by atoms with Gasteiger partial charge in [-0.25, -0.2) is 0 Å². The third kappa shape index (κ3) is 2.37. The third-order valence-electron chi connectivity index (χ3n) is 3.45. The molecule has 0 unspecified atom stereocenters. The molecule has 0 spiro atoms. The van der Waals surface area contributed by atoms with Crippen LogP contribution in [0.3, 0.4) is 0 Å². The van der Waals surface area contributed by atoms with Gasteiger partial charge in [-0.3, -0.25) is 9.67 Å². The fourth-order valence-electron chi connectivity index (χ4n) is 2.47. The number of fused-ring (bicyclic) bond motifs is 1. The van der Waals surface area contributed by atoms with Crippen LogP contribution in [0.25, 0.3) is 10.9 Å². The van der Waals surface area contributed by atoms with Crippen LogP contribution < -0.4 is 5.32 Å². The normalized spacial score (nSPS) is 10.9. The Morgan fingerprint density at radius 3 is 2.90 bits per heavy atom. The Labute approximate surface area is 118 Å². The highest BCUT2D eigenvalue weighted by Gasteiger charge is 2.06. The van der Waals surface area contributed by atoms with Crippen molar-refractivity contribution in [3.05, 3.63) is 54.0 Å². The molecule has 102 valence electrons. The van der Waals surface area contributed by atoms with Crippen LogP contribution in [0.5, 0.6) is 0 Å². The molecule has 0 saturated carbocycles. The number of nitrogens with one attached hydrogen (secondary N) is 1. The molecule has 0 atom stereocenters. The summed E-state index contributed by atoms with van der Waals surface area (Å²) < 4.78 is 1.88. The summed E-state index contributed by atoms with van der Waals surface area (Å²) in [6.07, 6.45) is 4.87. The number of hydrogen-bond acceptors (Lipinski definition) is 3. The van der Waals surface area contributed by atoms with E-state index in [4.69, 9.17) is 0 Å². The zero-order chi connectivity index (χ0) is 13.9. The average molecular weight is 266 g/mol. The largest absolute Gasteiger partial charge is 0.380 e. The van der Waals surface area contributed by atoms with Crippen LogP contribution in [0, 0.1) is 0 Å². The minimum absolute atomic E-state index is 0.783. The van der Waals surface area contributed by atoms with Gasteiger partial charge in [0.1, 0.15) is 0 Å². The molecule has 0 aliphatic carbocycles. The van der Waals surface area contributed by atoms with Gasteiger partial charge in [0.2, 0.25) is 0 Å². The second kappa shape index (κ2) is 5.33. The van der Waals surface area contributed by atoms with Gasteiger partial charge in [-0.2, -0.15) is 5.10 Å². The van der Waals surface area contributed by atoms with Crippen molar-refractivity contribution in [3.8, 4) is 0 Å². The van der Waals surface area contributed by atoms with Gasteiger partial charge in [0.15, 0.2) is 0 Å². The molecule has 2 heterocycles. The maximum absolute atomic E-state index is 4.47. The van der Waals surface area contributed by atoms with Crippen LogP contribution in [-0.4, -0.2) is 14.8 Å². The van der Waals surface area contributed by atoms with Gasteiger partial charge in [-0.05, 0) is 18.6 Å². The van der Waals surface area contributed by atoms with E-state index in [9.17, 15) is 0 Å². The maximum atomic E-state index is 4.47. The van der Waals surface area contributed by atoms with Crippen LogP contribution in [0.15, 0.2) is 42.7 Å². The first-order valence-electron chi connectivity index (χ1n) is 6.87. The summed E-state index contributed by atoms with van der Waals surface area (Å²) in [6, 6.07) is 10.2. The molecular weight excluding hydrogens is 248 g/mol. The highest BCUT2D eigenvalue weighted by atomic mass is 15.3. The van der Waals surface area contributed by atoms with Crippen LogP contribution in [0.4, 0.5) is 5.69 Å². The molecule has 0 radical (unpaired) electrons. The Balaban J connectivity index is 1.86. The van der Waals surface area contributed by atoms with Gasteiger partial charge in [-0.1, -0.05) is 25.1 Å². The van der Waals surface area contributed by atoms with Crippen molar-refractivity contribution in [2.75, 3.05) is 5.32 Å². The second-order valence-corrected chi connectivity index (χ2v) is 4.86. The number of pyridine rings is 1. The summed E-state index contributed by atoms with van der Waals surface area (Å²) in [5, 5.41) is 9.12. The Morgan fingerprint density at radius 1 is 1.20 bits per heavy atom. The monoisotopic (exact) mass is 266 g/mol. The summed E-state index contributed by atoms with van der Waals surface area (Å²) in [4.78, 5) is 4.38. The molecule has 0 fully saturated rings. The van der Waals surface area contributed by atoms with Crippen molar-refractivity contribution in [1.82, 2.24) is 14.8 Å². The Hall–Kier alpha value is -2.36. The molecular formula is C16H18N4. The first kappa shape index (κ1) is 12.7. The fourth-order valence-corrected chi connectivity index (χ4v) is 2.47. The summed E-state index contributed by atoms with van der Waals surface area (Å²) in [6.45, 7) is 2.92. The standard InChI is InChI=1S/C16H18N4/c1-3-14-12(11-20(2)19-14)10-18-16-8-9-17-15-7-5-4-6-13(15)16/h4-9,11H,3,10H2,1-2H3,(H,17,18). The van der Waals surface area contributed by atoms with Crippen molar-refractivity contribution in [1.29, 1.82) is 0 Å². The molecule has 0 bridgehead atoms. The molecule has 2 aromatic heterocycles. The van der Waals surface area contributed by atoms with E-state index >= 15 is 0 Å². The van der Waals surface area contributed by atoms with E-state index in [-0.39, 0.29) is 0 Å². The summed E-state index contributed by atoms with van der Waals surface area (Å²) in [7, 11) is 1.96. The molecule has 1 N–H and O–H groups in total. The van der Waals surface area contributed by atoms with Gasteiger partial charge in [0, 0.05) is 42.6 Å². The first-order chi connectivity index (χ1) is 9.78. The summed E-state index contributed by atoms with van der Waals surface area (Å²) >= 11 is 0. The van der Waals surface area contributed by atoms with E-state index in [2.05, 4.69) is 34.6 Å². The van der Waals surface area contributed by atoms with E-state index < -0.39 is 0 Å². The Morgan fingerprint density at radius 2 is 2.05 bits per heavy atom. The van der Waals surface area contributed by atoms with E-state index in [1.165, 1.54) is 5.56 Å². The van der Waals surface area contributed by atoms with Crippen LogP contribution in [0.1, 0.15) is 18.2 Å². The molecule has 20 heavy (non-hydrogen) atoms. The zero-order valence-electron chi connectivity index (χ0n) is 11.8. The van der Waals surface area contributed by atoms with Gasteiger partial charge >= 0.3 is 0 Å². The Bertz CT molecular complexity index is 725. The smallest absolute Gasteiger partial charge is 0.0722 e. The molecule has 4 nitrogen and oxygen atoms in total. The number of aryl methyl sites for hydroxylation is 2. The zero-order valence-corrected chi connectivity index (χ0v) is 11.8. The second-order valence-electron chi connectivity index (χ2n) is 4.86. The van der Waals surface area contributed by atoms with Gasteiger partial charge in [0.25, 0.3) is 0 Å². The predicted molar refractivity (Wildman–Crippen MR) is 81.7 cm³/mol. The van der Waals surface area contributed by atoms with Crippen molar-refractivity contribution in [2.24, 2.45) is 7.05 Å². The topological polar surface area (TPSA) is 42.7 Å². The SMILES string of the molecule is CCc1nn(C)cc1CNc1ccnc2ccccc12. The Kier molecular flexibility index (Phi) is 3.37. The molecule has 3 aromatic rings. The van der Waals surface area contributed by atoms with E-state index in [1.54, 1.807) is 0 Å². The van der Waals surface area contributed by atoms with Crippen LogP contribution in [0.2, 0.25) is 0 Å². The fraction of sp³-hybridized carbons (Fsp3) is 0.250. The third-order valence-corrected chi connectivity index (χ3v) is 3.45. The molecule has 0 amide bonds. The average Bonchev–Trinajstić information content (AvgIpc) is 2.85. The summed E-state index contributed by atoms with van der Waals surface area (Å²) in [5.41, 5.74) is 4.52. The lowest BCUT2D eigenvalue weighted by Crippen LogP contribution is -2.01.